The van der Waals surface area contributed by atoms with Crippen molar-refractivity contribution in [1.82, 2.24) is 0 Å². The van der Waals surface area contributed by atoms with Gasteiger partial charge in [0.15, 0.2) is 6.10 Å². The molecule has 9 atom stereocenters. The van der Waals surface area contributed by atoms with Crippen molar-refractivity contribution in [3.63, 3.8) is 0 Å². The number of carbonyl (C=O) groups excluding carboxylic acids is 2. The van der Waals surface area contributed by atoms with Crippen LogP contribution in [0.25, 0.3) is 0 Å². The maximum Gasteiger partial charge on any atom is 0.338 e. The minimum atomic E-state index is -0.997. The molecular formula is C30H42O5. The summed E-state index contributed by atoms with van der Waals surface area (Å²) >= 11 is 0. The Hall–Kier alpha value is -1.88. The summed E-state index contributed by atoms with van der Waals surface area (Å²) in [5, 5.41) is 10.9. The molecule has 4 saturated carbocycles. The summed E-state index contributed by atoms with van der Waals surface area (Å²) in [5.41, 5.74) is 0.938. The molecule has 1 aromatic carbocycles. The Morgan fingerprint density at radius 2 is 1.69 bits per heavy atom. The van der Waals surface area contributed by atoms with E-state index in [1.165, 1.54) is 19.3 Å². The van der Waals surface area contributed by atoms with Gasteiger partial charge in [0.25, 0.3) is 0 Å². The van der Waals surface area contributed by atoms with Crippen molar-refractivity contribution >= 4 is 11.9 Å². The first kappa shape index (κ1) is 24.8. The van der Waals surface area contributed by atoms with E-state index in [0.717, 1.165) is 38.5 Å². The Morgan fingerprint density at radius 1 is 0.971 bits per heavy atom. The number of rotatable bonds is 5. The fourth-order valence-electron chi connectivity index (χ4n) is 9.07. The number of esters is 2. The summed E-state index contributed by atoms with van der Waals surface area (Å²) in [6.07, 6.45) is 8.74. The lowest BCUT2D eigenvalue weighted by Crippen LogP contribution is -2.55. The molecule has 0 spiro atoms. The zero-order valence-corrected chi connectivity index (χ0v) is 21.6. The molecule has 5 heteroatoms. The second-order valence-electron chi connectivity index (χ2n) is 12.2. The first-order valence-electron chi connectivity index (χ1n) is 13.9. The van der Waals surface area contributed by atoms with Gasteiger partial charge in [-0.25, -0.2) is 9.59 Å². The molecule has 4 aliphatic carbocycles. The van der Waals surface area contributed by atoms with Gasteiger partial charge in [0.1, 0.15) is 6.10 Å². The van der Waals surface area contributed by atoms with Gasteiger partial charge in [0.2, 0.25) is 0 Å². The molecule has 35 heavy (non-hydrogen) atoms. The van der Waals surface area contributed by atoms with Crippen LogP contribution in [0.2, 0.25) is 0 Å². The van der Waals surface area contributed by atoms with Crippen LogP contribution in [-0.2, 0) is 14.3 Å². The maximum atomic E-state index is 12.6. The highest BCUT2D eigenvalue weighted by molar-refractivity contribution is 5.89. The van der Waals surface area contributed by atoms with Gasteiger partial charge in [-0.3, -0.25) is 0 Å². The second kappa shape index (κ2) is 9.53. The lowest BCUT2D eigenvalue weighted by atomic mass is 9.44. The molecule has 1 aromatic rings. The quantitative estimate of drug-likeness (QED) is 0.538. The topological polar surface area (TPSA) is 72.8 Å². The smallest absolute Gasteiger partial charge is 0.338 e. The Kier molecular flexibility index (Phi) is 6.76. The molecule has 0 saturated heterocycles. The highest BCUT2D eigenvalue weighted by Crippen LogP contribution is 2.67. The zero-order valence-electron chi connectivity index (χ0n) is 21.6. The van der Waals surface area contributed by atoms with Crippen LogP contribution in [0.15, 0.2) is 30.3 Å². The van der Waals surface area contributed by atoms with Crippen LogP contribution in [0.5, 0.6) is 0 Å². The summed E-state index contributed by atoms with van der Waals surface area (Å²) in [5.74, 6) is 1.88. The molecule has 1 unspecified atom stereocenters. The summed E-state index contributed by atoms with van der Waals surface area (Å²) in [7, 11) is 0. The van der Waals surface area contributed by atoms with Crippen molar-refractivity contribution in [2.75, 3.05) is 6.61 Å². The molecule has 0 bridgehead atoms. The Bertz CT molecular complexity index is 930. The molecule has 0 amide bonds. The highest BCUT2D eigenvalue weighted by Gasteiger charge is 2.61. The number of carbonyl (C=O) groups is 2. The Balaban J connectivity index is 1.26. The van der Waals surface area contributed by atoms with E-state index in [4.69, 9.17) is 9.47 Å². The largest absolute Gasteiger partial charge is 0.464 e. The Morgan fingerprint density at radius 3 is 2.43 bits per heavy atom. The predicted octanol–water partition coefficient (Wildman–Crippen LogP) is 5.79. The molecule has 4 fully saturated rings. The SMILES string of the molecule is CCOC(=O)C(O)[C@H]1CC[C@H]2[C@@H]3CC[C@H]4C[C@H](OC(=O)c5ccccc5)CC[C@]4(C)[C@H]3CC[C@]12C. The second-order valence-corrected chi connectivity index (χ2v) is 12.2. The van der Waals surface area contributed by atoms with Gasteiger partial charge >= 0.3 is 11.9 Å². The van der Waals surface area contributed by atoms with Crippen LogP contribution >= 0.6 is 0 Å². The summed E-state index contributed by atoms with van der Waals surface area (Å²) in [6, 6.07) is 9.33. The molecule has 192 valence electrons. The molecule has 4 aliphatic rings. The van der Waals surface area contributed by atoms with Crippen LogP contribution < -0.4 is 0 Å². The normalized spacial score (nSPS) is 41.1. The fourth-order valence-corrected chi connectivity index (χ4v) is 9.07. The third-order valence-electron chi connectivity index (χ3n) is 10.9. The maximum absolute atomic E-state index is 12.6. The first-order valence-corrected chi connectivity index (χ1v) is 13.9. The number of benzene rings is 1. The minimum Gasteiger partial charge on any atom is -0.464 e. The van der Waals surface area contributed by atoms with Crippen LogP contribution in [0, 0.1) is 40.4 Å². The number of ether oxygens (including phenoxy) is 2. The van der Waals surface area contributed by atoms with Crippen LogP contribution in [-0.4, -0.2) is 35.9 Å². The van der Waals surface area contributed by atoms with Gasteiger partial charge in [-0.15, -0.1) is 0 Å². The standard InChI is InChI=1S/C30H42O5/c1-4-34-28(33)26(31)25-13-12-23-22-11-10-20-18-21(35-27(32)19-8-6-5-7-9-19)14-16-29(20,2)24(22)15-17-30(23,25)3/h5-9,20-26,31H,4,10-18H2,1-3H3/t20-,21+,22-,23-,24-,25+,26?,29-,30-/m0/s1. The van der Waals surface area contributed by atoms with Crippen LogP contribution in [0.1, 0.15) is 88.9 Å². The van der Waals surface area contributed by atoms with Gasteiger partial charge in [-0.1, -0.05) is 32.0 Å². The fraction of sp³-hybridized carbons (Fsp3) is 0.733. The van der Waals surface area contributed by atoms with Crippen molar-refractivity contribution in [3.8, 4) is 0 Å². The first-order chi connectivity index (χ1) is 16.8. The van der Waals surface area contributed by atoms with Gasteiger partial charge in [-0.05, 0) is 111 Å². The average molecular weight is 483 g/mol. The monoisotopic (exact) mass is 482 g/mol. The Labute approximate surface area is 210 Å². The summed E-state index contributed by atoms with van der Waals surface area (Å²) in [6.45, 7) is 6.95. The zero-order chi connectivity index (χ0) is 24.8. The van der Waals surface area contributed by atoms with E-state index in [2.05, 4.69) is 13.8 Å². The number of fused-ring (bicyclic) bond motifs is 5. The minimum absolute atomic E-state index is 0.00571. The van der Waals surface area contributed by atoms with Gasteiger partial charge in [-0.2, -0.15) is 0 Å². The summed E-state index contributed by atoms with van der Waals surface area (Å²) < 4.78 is 11.1. The summed E-state index contributed by atoms with van der Waals surface area (Å²) in [4.78, 5) is 25.0. The number of aliphatic hydroxyl groups is 1. The van der Waals surface area contributed by atoms with Gasteiger partial charge in [0, 0.05) is 5.92 Å². The molecule has 0 heterocycles. The number of hydrogen-bond donors (Lipinski definition) is 1. The van der Waals surface area contributed by atoms with Gasteiger partial charge in [0.05, 0.1) is 12.2 Å². The van der Waals surface area contributed by atoms with Crippen LogP contribution in [0.4, 0.5) is 0 Å². The lowest BCUT2D eigenvalue weighted by molar-refractivity contribution is -0.164. The number of aliphatic hydroxyl groups excluding tert-OH is 1. The van der Waals surface area contributed by atoms with E-state index < -0.39 is 12.1 Å². The molecule has 0 aliphatic heterocycles. The molecule has 0 radical (unpaired) electrons. The van der Waals surface area contributed by atoms with E-state index in [1.54, 1.807) is 6.92 Å². The van der Waals surface area contributed by atoms with Crippen LogP contribution in [0.3, 0.4) is 0 Å². The molecule has 5 nitrogen and oxygen atoms in total. The third-order valence-corrected chi connectivity index (χ3v) is 10.9. The van der Waals surface area contributed by atoms with Crippen molar-refractivity contribution in [2.45, 2.75) is 90.8 Å². The highest BCUT2D eigenvalue weighted by atomic mass is 16.5. The number of hydrogen-bond acceptors (Lipinski definition) is 5. The predicted molar refractivity (Wildman–Crippen MR) is 134 cm³/mol. The van der Waals surface area contributed by atoms with Crippen molar-refractivity contribution in [2.24, 2.45) is 40.4 Å². The van der Waals surface area contributed by atoms with E-state index in [1.807, 2.05) is 30.3 Å². The van der Waals surface area contributed by atoms with Crippen molar-refractivity contribution in [1.29, 1.82) is 0 Å². The molecular weight excluding hydrogens is 440 g/mol. The third kappa shape index (κ3) is 4.22. The van der Waals surface area contributed by atoms with E-state index >= 15 is 0 Å². The van der Waals surface area contributed by atoms with E-state index in [0.29, 0.717) is 35.8 Å². The molecule has 5 rings (SSSR count). The van der Waals surface area contributed by atoms with Crippen molar-refractivity contribution < 1.29 is 24.2 Å². The molecule has 1 N–H and O–H groups in total. The van der Waals surface area contributed by atoms with Crippen molar-refractivity contribution in [3.05, 3.63) is 35.9 Å². The molecule has 0 aromatic heterocycles. The van der Waals surface area contributed by atoms with E-state index in [-0.39, 0.29) is 28.8 Å². The average Bonchev–Trinajstić information content (AvgIpc) is 3.21. The lowest BCUT2D eigenvalue weighted by Gasteiger charge is -2.61. The van der Waals surface area contributed by atoms with E-state index in [9.17, 15) is 14.7 Å². The van der Waals surface area contributed by atoms with Gasteiger partial charge < -0.3 is 14.6 Å².